The summed E-state index contributed by atoms with van der Waals surface area (Å²) in [6.45, 7) is 6.85. The third-order valence-corrected chi connectivity index (χ3v) is 7.17. The van der Waals surface area contributed by atoms with Gasteiger partial charge in [0.15, 0.2) is 0 Å². The van der Waals surface area contributed by atoms with Crippen LogP contribution in [-0.2, 0) is 21.7 Å². The molecule has 4 heteroatoms. The molecule has 0 saturated heterocycles. The Balaban J connectivity index is 0. The van der Waals surface area contributed by atoms with Crippen LogP contribution in [0.5, 0.6) is 0 Å². The summed E-state index contributed by atoms with van der Waals surface area (Å²) >= 11 is 0. The quantitative estimate of drug-likeness (QED) is 0.0785. The van der Waals surface area contributed by atoms with E-state index in [0.717, 1.165) is 21.3 Å². The molecule has 0 aliphatic rings. The number of hydrogen-bond acceptors (Lipinski definition) is 3. The van der Waals surface area contributed by atoms with E-state index >= 15 is 0 Å². The van der Waals surface area contributed by atoms with Gasteiger partial charge in [-0.2, -0.15) is 27.4 Å². The molecule has 0 unspecified atom stereocenters. The Hall–Kier alpha value is -6.17. The SMILES string of the molecule is C(C=Cc1ccccc1)=Cc1ccccc1.C(C=Cc1ccccc1)=Cc1ccccc1.C(C=Cc1ccccc1)=Cc1ccccc1.C[O-].C[O-].C[O-].[CH-]=CC=CC.[Ti+4]. The predicted molar refractivity (Wildman–Crippen MR) is 254 cm³/mol. The first kappa shape index (κ1) is 55.9. The fourth-order valence-electron chi connectivity index (χ4n) is 4.50. The largest absolute Gasteiger partial charge is 4.00 e. The van der Waals surface area contributed by atoms with Gasteiger partial charge in [0, 0.05) is 0 Å². The van der Waals surface area contributed by atoms with E-state index in [2.05, 4.69) is 146 Å². The van der Waals surface area contributed by atoms with Crippen LogP contribution < -0.4 is 15.3 Å². The molecule has 0 radical (unpaired) electrons. The second kappa shape index (κ2) is 43.9. The normalized spacial score (nSPS) is 10.1. The van der Waals surface area contributed by atoms with Gasteiger partial charge in [-0.3, -0.25) is 6.58 Å². The zero-order valence-electron chi connectivity index (χ0n) is 35.3. The molecule has 60 heavy (non-hydrogen) atoms. The van der Waals surface area contributed by atoms with Crippen LogP contribution in [0, 0.1) is 6.58 Å². The third-order valence-electron chi connectivity index (χ3n) is 7.17. The number of allylic oxidation sites excluding steroid dienone is 9. The Kier molecular flexibility index (Phi) is 41.0. The van der Waals surface area contributed by atoms with E-state index in [9.17, 15) is 0 Å². The van der Waals surface area contributed by atoms with Crippen molar-refractivity contribution in [1.29, 1.82) is 0 Å². The van der Waals surface area contributed by atoms with Crippen molar-refractivity contribution in [2.75, 3.05) is 21.3 Å². The van der Waals surface area contributed by atoms with Gasteiger partial charge in [-0.25, -0.2) is 12.2 Å². The third kappa shape index (κ3) is 31.9. The summed E-state index contributed by atoms with van der Waals surface area (Å²) in [7, 11) is 2.25. The second-order valence-electron chi connectivity index (χ2n) is 11.3. The monoisotopic (exact) mass is 826 g/mol. The van der Waals surface area contributed by atoms with E-state index in [0.29, 0.717) is 0 Å². The minimum atomic E-state index is 0. The average Bonchev–Trinajstić information content (AvgIpc) is 3.33. The molecule has 0 N–H and O–H groups in total. The first-order valence-electron chi connectivity index (χ1n) is 19.0. The molecule has 0 saturated carbocycles. The van der Waals surface area contributed by atoms with Crippen LogP contribution in [0.1, 0.15) is 40.3 Å². The molecule has 3 nitrogen and oxygen atoms in total. The van der Waals surface area contributed by atoms with E-state index in [4.69, 9.17) is 21.9 Å². The Morgan fingerprint density at radius 3 is 0.533 bits per heavy atom. The van der Waals surface area contributed by atoms with Crippen LogP contribution in [0.2, 0.25) is 0 Å². The molecule has 0 atom stereocenters. The van der Waals surface area contributed by atoms with E-state index in [1.54, 1.807) is 6.08 Å². The first-order chi connectivity index (χ1) is 29.3. The number of hydrogen-bond donors (Lipinski definition) is 0. The molecule has 0 heterocycles. The Morgan fingerprint density at radius 1 is 0.283 bits per heavy atom. The molecule has 0 spiro atoms. The van der Waals surface area contributed by atoms with Crippen molar-refractivity contribution in [1.82, 2.24) is 0 Å². The van der Waals surface area contributed by atoms with Crippen molar-refractivity contribution < 1.29 is 37.0 Å². The van der Waals surface area contributed by atoms with E-state index < -0.39 is 0 Å². The molecule has 0 bridgehead atoms. The van der Waals surface area contributed by atoms with Crippen LogP contribution in [0.15, 0.2) is 237 Å². The van der Waals surface area contributed by atoms with Crippen LogP contribution in [0.4, 0.5) is 0 Å². The summed E-state index contributed by atoms with van der Waals surface area (Å²) in [6, 6.07) is 61.7. The minimum absolute atomic E-state index is 0. The van der Waals surface area contributed by atoms with Crippen molar-refractivity contribution >= 4 is 36.5 Å². The molecule has 6 aromatic rings. The molecule has 0 aliphatic carbocycles. The fourth-order valence-corrected chi connectivity index (χ4v) is 4.50. The maximum absolute atomic E-state index is 8.25. The van der Waals surface area contributed by atoms with Gasteiger partial charge in [0.05, 0.1) is 0 Å². The van der Waals surface area contributed by atoms with Crippen molar-refractivity contribution in [2.45, 2.75) is 6.92 Å². The number of benzene rings is 6. The van der Waals surface area contributed by atoms with E-state index in [1.165, 1.54) is 39.5 Å². The fraction of sp³-hybridized carbons (Fsp3) is 0.0714. The van der Waals surface area contributed by atoms with Gasteiger partial charge in [-0.05, 0) is 33.4 Å². The zero-order chi connectivity index (χ0) is 43.3. The topological polar surface area (TPSA) is 69.2 Å². The smallest absolute Gasteiger partial charge is 0.857 e. The molecule has 0 fully saturated rings. The summed E-state index contributed by atoms with van der Waals surface area (Å²) in [5.74, 6) is 0. The van der Waals surface area contributed by atoms with Gasteiger partial charge in [-0.1, -0.05) is 262 Å². The zero-order valence-corrected chi connectivity index (χ0v) is 36.8. The van der Waals surface area contributed by atoms with Crippen LogP contribution >= 0.6 is 0 Å². The minimum Gasteiger partial charge on any atom is -0.857 e. The van der Waals surface area contributed by atoms with Gasteiger partial charge in [0.2, 0.25) is 0 Å². The summed E-state index contributed by atoms with van der Waals surface area (Å²) in [5, 5.41) is 24.8. The predicted octanol–water partition coefficient (Wildman–Crippen LogP) is 11.7. The molecule has 0 amide bonds. The molecule has 6 aromatic carbocycles. The van der Waals surface area contributed by atoms with E-state index in [-0.39, 0.29) is 21.7 Å². The standard InChI is InChI=1S/3C16H14.C5H7.3CH3O.Ti/c3*1-3-9-15(10-4-1)13-7-8-14-16-11-5-2-6-12-16;1-3-5-4-2;3*1-2;/h3*1-14H;1,3-5H,2H3;3*1H3;/q;;;4*-1;+4. The van der Waals surface area contributed by atoms with Gasteiger partial charge < -0.3 is 15.3 Å². The molecule has 0 aliphatic heterocycles. The Morgan fingerprint density at radius 2 is 0.433 bits per heavy atom. The molecular formula is C56H58O3Ti. The van der Waals surface area contributed by atoms with Gasteiger partial charge in [0.1, 0.15) is 0 Å². The van der Waals surface area contributed by atoms with Crippen molar-refractivity contribution in [3.63, 3.8) is 0 Å². The summed E-state index contributed by atoms with van der Waals surface area (Å²) in [6.07, 6.45) is 30.1. The van der Waals surface area contributed by atoms with Crippen molar-refractivity contribution in [2.24, 2.45) is 0 Å². The maximum atomic E-state index is 8.25. The van der Waals surface area contributed by atoms with Gasteiger partial charge in [-0.15, -0.1) is 0 Å². The Bertz CT molecular complexity index is 1630. The van der Waals surface area contributed by atoms with Crippen LogP contribution in [-0.4, -0.2) is 21.3 Å². The molecular weight excluding hydrogens is 768 g/mol. The van der Waals surface area contributed by atoms with E-state index in [1.807, 2.05) is 122 Å². The average molecular weight is 827 g/mol. The van der Waals surface area contributed by atoms with Crippen LogP contribution in [0.3, 0.4) is 0 Å². The van der Waals surface area contributed by atoms with Gasteiger partial charge >= 0.3 is 21.7 Å². The summed E-state index contributed by atoms with van der Waals surface area (Å²) in [4.78, 5) is 0. The first-order valence-corrected chi connectivity index (χ1v) is 19.0. The summed E-state index contributed by atoms with van der Waals surface area (Å²) < 4.78 is 0. The Labute approximate surface area is 376 Å². The van der Waals surface area contributed by atoms with Crippen molar-refractivity contribution in [3.05, 3.63) is 277 Å². The number of rotatable bonds is 10. The second-order valence-corrected chi connectivity index (χ2v) is 11.3. The maximum Gasteiger partial charge on any atom is 4.00 e. The van der Waals surface area contributed by atoms with Gasteiger partial charge in [0.25, 0.3) is 0 Å². The molecule has 304 valence electrons. The summed E-state index contributed by atoms with van der Waals surface area (Å²) in [5.41, 5.74) is 7.33. The van der Waals surface area contributed by atoms with Crippen LogP contribution in [0.25, 0.3) is 36.5 Å². The molecule has 0 aromatic heterocycles. The van der Waals surface area contributed by atoms with Crippen molar-refractivity contribution in [3.8, 4) is 0 Å². The molecule has 6 rings (SSSR count).